The quantitative estimate of drug-likeness (QED) is 0.234. The lowest BCUT2D eigenvalue weighted by Crippen LogP contribution is -2.25. The molecule has 0 saturated carbocycles. The van der Waals surface area contributed by atoms with E-state index in [0.717, 1.165) is 11.1 Å². The van der Waals surface area contributed by atoms with Gasteiger partial charge in [-0.15, -0.1) is 0 Å². The predicted octanol–water partition coefficient (Wildman–Crippen LogP) is 5.54. The Labute approximate surface area is 194 Å². The van der Waals surface area contributed by atoms with Gasteiger partial charge in [-0.05, 0) is 68.3 Å². The van der Waals surface area contributed by atoms with E-state index in [1.54, 1.807) is 77.5 Å². The van der Waals surface area contributed by atoms with Crippen LogP contribution in [0.15, 0.2) is 72.0 Å². The van der Waals surface area contributed by atoms with Crippen molar-refractivity contribution in [1.29, 1.82) is 0 Å². The number of hydrogen-bond acceptors (Lipinski definition) is 6. The molecule has 0 radical (unpaired) electrons. The SMILES string of the molecule is COc1cccc(/C=C/C(=O)C(CC(=O)OC(C)(C)C)=C(O)/C=C/c2cccc(OC)c2)c1. The lowest BCUT2D eigenvalue weighted by Gasteiger charge is -2.19. The van der Waals surface area contributed by atoms with Gasteiger partial charge in [-0.2, -0.15) is 0 Å². The molecule has 0 aliphatic carbocycles. The molecule has 0 aliphatic rings. The van der Waals surface area contributed by atoms with E-state index in [-0.39, 0.29) is 17.8 Å². The smallest absolute Gasteiger partial charge is 0.311 e. The number of ether oxygens (including phenoxy) is 3. The first-order valence-corrected chi connectivity index (χ1v) is 10.4. The third-order valence-corrected chi connectivity index (χ3v) is 4.40. The molecule has 0 unspecified atom stereocenters. The molecule has 0 aromatic heterocycles. The minimum Gasteiger partial charge on any atom is -0.508 e. The van der Waals surface area contributed by atoms with Crippen LogP contribution in [0.25, 0.3) is 12.2 Å². The zero-order valence-corrected chi connectivity index (χ0v) is 19.6. The highest BCUT2D eigenvalue weighted by atomic mass is 16.6. The molecule has 2 rings (SSSR count). The first-order valence-electron chi connectivity index (χ1n) is 10.4. The fourth-order valence-corrected chi connectivity index (χ4v) is 2.86. The van der Waals surface area contributed by atoms with Crippen molar-refractivity contribution in [2.24, 2.45) is 0 Å². The van der Waals surface area contributed by atoms with Gasteiger partial charge in [0, 0.05) is 0 Å². The largest absolute Gasteiger partial charge is 0.508 e. The number of carbonyl (C=O) groups is 2. The van der Waals surface area contributed by atoms with Gasteiger partial charge in [0.15, 0.2) is 5.78 Å². The molecule has 0 aliphatic heterocycles. The van der Waals surface area contributed by atoms with Crippen molar-refractivity contribution in [1.82, 2.24) is 0 Å². The number of aliphatic hydroxyl groups is 1. The molecule has 0 bridgehead atoms. The highest BCUT2D eigenvalue weighted by Crippen LogP contribution is 2.19. The van der Waals surface area contributed by atoms with Crippen molar-refractivity contribution in [2.45, 2.75) is 32.8 Å². The molecule has 33 heavy (non-hydrogen) atoms. The van der Waals surface area contributed by atoms with Gasteiger partial charge in [0.05, 0.1) is 26.2 Å². The van der Waals surface area contributed by atoms with Crippen LogP contribution in [0.5, 0.6) is 11.5 Å². The molecule has 6 heteroatoms. The summed E-state index contributed by atoms with van der Waals surface area (Å²) in [5.41, 5.74) is 0.721. The summed E-state index contributed by atoms with van der Waals surface area (Å²) in [6.07, 6.45) is 5.55. The third-order valence-electron chi connectivity index (χ3n) is 4.40. The molecular weight excluding hydrogens is 420 g/mol. The molecule has 1 N–H and O–H groups in total. The van der Waals surface area contributed by atoms with E-state index in [4.69, 9.17) is 14.2 Å². The molecule has 0 amide bonds. The van der Waals surface area contributed by atoms with E-state index in [2.05, 4.69) is 0 Å². The Kier molecular flexibility index (Phi) is 9.04. The van der Waals surface area contributed by atoms with Gasteiger partial charge in [-0.3, -0.25) is 9.59 Å². The summed E-state index contributed by atoms with van der Waals surface area (Å²) in [5, 5.41) is 10.7. The van der Waals surface area contributed by atoms with Gasteiger partial charge in [0.2, 0.25) is 0 Å². The van der Waals surface area contributed by atoms with Crippen molar-refractivity contribution in [3.63, 3.8) is 0 Å². The van der Waals surface area contributed by atoms with Crippen LogP contribution in [0.1, 0.15) is 38.3 Å². The van der Waals surface area contributed by atoms with Crippen molar-refractivity contribution >= 4 is 23.9 Å². The van der Waals surface area contributed by atoms with E-state index in [1.807, 2.05) is 18.2 Å². The van der Waals surface area contributed by atoms with E-state index < -0.39 is 17.4 Å². The summed E-state index contributed by atoms with van der Waals surface area (Å²) in [7, 11) is 3.12. The van der Waals surface area contributed by atoms with Gasteiger partial charge < -0.3 is 19.3 Å². The average molecular weight is 451 g/mol. The molecule has 0 saturated heterocycles. The standard InChI is InChI=1S/C27H30O6/c1-27(2,3)33-26(30)18-23(24(28)14-12-19-8-6-10-21(16-19)31-4)25(29)15-13-20-9-7-11-22(17-20)32-5/h6-17,28H,18H2,1-5H3/b14-12+,15-13+,24-23?. The number of methoxy groups -OCH3 is 2. The maximum Gasteiger partial charge on any atom is 0.311 e. The maximum atomic E-state index is 12.9. The van der Waals surface area contributed by atoms with Crippen LogP contribution in [0, 0.1) is 0 Å². The van der Waals surface area contributed by atoms with Crippen LogP contribution in [-0.4, -0.2) is 36.7 Å². The Hall–Kier alpha value is -3.80. The number of rotatable bonds is 9. The first kappa shape index (κ1) is 25.5. The van der Waals surface area contributed by atoms with Crippen LogP contribution < -0.4 is 9.47 Å². The van der Waals surface area contributed by atoms with E-state index in [0.29, 0.717) is 11.5 Å². The summed E-state index contributed by atoms with van der Waals surface area (Å²) in [6, 6.07) is 14.4. The molecule has 6 nitrogen and oxygen atoms in total. The second kappa shape index (κ2) is 11.7. The predicted molar refractivity (Wildman–Crippen MR) is 129 cm³/mol. The van der Waals surface area contributed by atoms with Crippen molar-refractivity contribution in [3.05, 3.63) is 83.1 Å². The normalized spacial score (nSPS) is 12.5. The van der Waals surface area contributed by atoms with Crippen LogP contribution in [0.4, 0.5) is 0 Å². The Bertz CT molecular complexity index is 1070. The number of allylic oxidation sites excluding steroid dienone is 2. The third kappa shape index (κ3) is 8.69. The molecule has 0 atom stereocenters. The summed E-state index contributed by atoms with van der Waals surface area (Å²) < 4.78 is 15.7. The Morgan fingerprint density at radius 3 is 1.88 bits per heavy atom. The van der Waals surface area contributed by atoms with Crippen LogP contribution in [0.2, 0.25) is 0 Å². The highest BCUT2D eigenvalue weighted by molar-refractivity contribution is 6.09. The lowest BCUT2D eigenvalue weighted by molar-refractivity contribution is -0.154. The number of carbonyl (C=O) groups excluding carboxylic acids is 2. The van der Waals surface area contributed by atoms with Crippen molar-refractivity contribution in [2.75, 3.05) is 14.2 Å². The highest BCUT2D eigenvalue weighted by Gasteiger charge is 2.21. The summed E-state index contributed by atoms with van der Waals surface area (Å²) in [4.78, 5) is 25.3. The second-order valence-electron chi connectivity index (χ2n) is 8.21. The number of benzene rings is 2. The molecule has 0 spiro atoms. The fourth-order valence-electron chi connectivity index (χ4n) is 2.86. The molecule has 2 aromatic carbocycles. The average Bonchev–Trinajstić information content (AvgIpc) is 2.78. The number of hydrogen-bond donors (Lipinski definition) is 1. The molecule has 2 aromatic rings. The Morgan fingerprint density at radius 2 is 1.39 bits per heavy atom. The van der Waals surface area contributed by atoms with Crippen LogP contribution in [-0.2, 0) is 14.3 Å². The zero-order chi connectivity index (χ0) is 24.4. The van der Waals surface area contributed by atoms with E-state index >= 15 is 0 Å². The van der Waals surface area contributed by atoms with Crippen molar-refractivity contribution in [3.8, 4) is 11.5 Å². The number of esters is 1. The minimum absolute atomic E-state index is 0.0671. The first-order chi connectivity index (χ1) is 15.6. The summed E-state index contributed by atoms with van der Waals surface area (Å²) >= 11 is 0. The van der Waals surface area contributed by atoms with E-state index in [1.165, 1.54) is 12.2 Å². The Morgan fingerprint density at radius 1 is 0.879 bits per heavy atom. The Balaban J connectivity index is 2.34. The molecule has 0 heterocycles. The van der Waals surface area contributed by atoms with Gasteiger partial charge in [-0.1, -0.05) is 36.4 Å². The van der Waals surface area contributed by atoms with Crippen LogP contribution >= 0.6 is 0 Å². The van der Waals surface area contributed by atoms with Gasteiger partial charge in [0.1, 0.15) is 22.9 Å². The van der Waals surface area contributed by atoms with Gasteiger partial charge in [-0.25, -0.2) is 0 Å². The van der Waals surface area contributed by atoms with Gasteiger partial charge in [0.25, 0.3) is 0 Å². The zero-order valence-electron chi connectivity index (χ0n) is 19.6. The second-order valence-corrected chi connectivity index (χ2v) is 8.21. The topological polar surface area (TPSA) is 82.1 Å². The molecule has 0 fully saturated rings. The minimum atomic E-state index is -0.715. The van der Waals surface area contributed by atoms with Crippen LogP contribution in [0.3, 0.4) is 0 Å². The maximum absolute atomic E-state index is 12.9. The van der Waals surface area contributed by atoms with Crippen molar-refractivity contribution < 1.29 is 28.9 Å². The van der Waals surface area contributed by atoms with E-state index in [9.17, 15) is 14.7 Å². The van der Waals surface area contributed by atoms with Gasteiger partial charge >= 0.3 is 5.97 Å². The number of ketones is 1. The fraction of sp³-hybridized carbons (Fsp3) is 0.259. The molecular formula is C27H30O6. The summed E-state index contributed by atoms with van der Waals surface area (Å²) in [6.45, 7) is 5.21. The molecule has 174 valence electrons. The summed E-state index contributed by atoms with van der Waals surface area (Å²) in [5.74, 6) is -0.118. The monoisotopic (exact) mass is 450 g/mol. The lowest BCUT2D eigenvalue weighted by atomic mass is 10.0. The number of aliphatic hydroxyl groups excluding tert-OH is 1.